The molecule has 42 heavy (non-hydrogen) atoms. The van der Waals surface area contributed by atoms with Crippen LogP contribution in [-0.2, 0) is 30.3 Å². The van der Waals surface area contributed by atoms with Gasteiger partial charge in [0.1, 0.15) is 25.0 Å². The second-order valence-electron chi connectivity index (χ2n) is 11.0. The lowest BCUT2D eigenvalue weighted by molar-refractivity contribution is -0.146. The molecule has 3 aromatic carbocycles. The summed E-state index contributed by atoms with van der Waals surface area (Å²) in [6.07, 6.45) is -0.175. The van der Waals surface area contributed by atoms with Gasteiger partial charge in [-0.2, -0.15) is 0 Å². The molecular weight excluding hydrogens is 534 g/mol. The minimum Gasteiger partial charge on any atom is -0.459 e. The van der Waals surface area contributed by atoms with Gasteiger partial charge in [-0.1, -0.05) is 65.7 Å². The van der Waals surface area contributed by atoms with Gasteiger partial charge in [0.25, 0.3) is 0 Å². The summed E-state index contributed by atoms with van der Waals surface area (Å²) in [5.74, 6) is -1.02. The number of hydrogen-bond acceptors (Lipinski definition) is 7. The highest BCUT2D eigenvalue weighted by Gasteiger charge is 2.43. The lowest BCUT2D eigenvalue weighted by atomic mass is 10.1. The first kappa shape index (κ1) is 29.5. The van der Waals surface area contributed by atoms with Crippen molar-refractivity contribution >= 4 is 17.8 Å². The molecule has 0 N–H and O–H groups in total. The Balaban J connectivity index is 1.24. The fourth-order valence-corrected chi connectivity index (χ4v) is 5.23. The van der Waals surface area contributed by atoms with Crippen LogP contribution >= 0.6 is 0 Å². The molecule has 8 nitrogen and oxygen atoms in total. The van der Waals surface area contributed by atoms with E-state index in [2.05, 4.69) is 0 Å². The molecule has 0 unspecified atom stereocenters. The van der Waals surface area contributed by atoms with Gasteiger partial charge in [0.05, 0.1) is 23.8 Å². The molecule has 0 saturated carbocycles. The van der Waals surface area contributed by atoms with E-state index in [1.165, 1.54) is 0 Å². The summed E-state index contributed by atoms with van der Waals surface area (Å²) < 4.78 is 23.9. The van der Waals surface area contributed by atoms with Gasteiger partial charge in [-0.15, -0.1) is 0 Å². The third-order valence-corrected chi connectivity index (χ3v) is 7.76. The van der Waals surface area contributed by atoms with Crippen LogP contribution in [0, 0.1) is 13.8 Å². The summed E-state index contributed by atoms with van der Waals surface area (Å²) in [5, 5.41) is 0. The van der Waals surface area contributed by atoms with Gasteiger partial charge in [0, 0.05) is 19.4 Å². The van der Waals surface area contributed by atoms with Crippen LogP contribution in [0.2, 0.25) is 0 Å². The lowest BCUT2D eigenvalue weighted by Gasteiger charge is -2.27. The van der Waals surface area contributed by atoms with Gasteiger partial charge >= 0.3 is 11.9 Å². The third-order valence-electron chi connectivity index (χ3n) is 7.76. The Morgan fingerprint density at radius 3 is 2.17 bits per heavy atom. The number of carbonyl (C=O) groups is 3. The first-order chi connectivity index (χ1) is 20.4. The van der Waals surface area contributed by atoms with Gasteiger partial charge in [0.15, 0.2) is 0 Å². The van der Waals surface area contributed by atoms with Crippen molar-refractivity contribution in [1.29, 1.82) is 0 Å². The van der Waals surface area contributed by atoms with Crippen LogP contribution in [0.4, 0.5) is 0 Å². The molecule has 0 spiro atoms. The quantitative estimate of drug-likeness (QED) is 0.318. The lowest BCUT2D eigenvalue weighted by Crippen LogP contribution is -2.40. The largest absolute Gasteiger partial charge is 0.459 e. The molecule has 0 radical (unpaired) electrons. The van der Waals surface area contributed by atoms with Crippen molar-refractivity contribution in [2.75, 3.05) is 13.2 Å². The molecule has 8 heteroatoms. The van der Waals surface area contributed by atoms with Crippen LogP contribution in [0.5, 0.6) is 0 Å². The minimum atomic E-state index is -0.722. The second-order valence-corrected chi connectivity index (χ2v) is 11.0. The first-order valence-electron chi connectivity index (χ1n) is 14.5. The van der Waals surface area contributed by atoms with Gasteiger partial charge in [0.2, 0.25) is 5.91 Å². The molecule has 3 aromatic rings. The third kappa shape index (κ3) is 7.63. The summed E-state index contributed by atoms with van der Waals surface area (Å²) in [4.78, 5) is 40.6. The molecule has 2 saturated heterocycles. The average Bonchev–Trinajstić information content (AvgIpc) is 3.29. The second kappa shape index (κ2) is 13.8. The summed E-state index contributed by atoms with van der Waals surface area (Å²) in [6, 6.07) is 24.2. The number of rotatable bonds is 9. The smallest absolute Gasteiger partial charge is 0.338 e. The van der Waals surface area contributed by atoms with Crippen LogP contribution < -0.4 is 0 Å². The molecule has 2 heterocycles. The van der Waals surface area contributed by atoms with Crippen LogP contribution in [-0.4, -0.2) is 60.4 Å². The summed E-state index contributed by atoms with van der Waals surface area (Å²) >= 11 is 0. The Morgan fingerprint density at radius 2 is 1.50 bits per heavy atom. The zero-order chi connectivity index (χ0) is 29.5. The van der Waals surface area contributed by atoms with Crippen LogP contribution in [0.25, 0.3) is 0 Å². The molecule has 0 aliphatic carbocycles. The number of esters is 2. The zero-order valence-corrected chi connectivity index (χ0v) is 24.1. The number of likely N-dealkylation sites (tertiary alicyclic amines) is 1. The molecule has 1 amide bonds. The van der Waals surface area contributed by atoms with Crippen LogP contribution in [0.15, 0.2) is 78.9 Å². The monoisotopic (exact) mass is 571 g/mol. The Kier molecular flexibility index (Phi) is 9.66. The molecule has 2 aliphatic rings. The fraction of sp³-hybridized carbons (Fsp3) is 0.382. The van der Waals surface area contributed by atoms with E-state index in [1.54, 1.807) is 29.2 Å². The maximum Gasteiger partial charge on any atom is 0.338 e. The van der Waals surface area contributed by atoms with E-state index in [0.717, 1.165) is 16.7 Å². The summed E-state index contributed by atoms with van der Waals surface area (Å²) in [5.41, 5.74) is 4.00. The molecule has 2 fully saturated rings. The Bertz CT molecular complexity index is 1360. The molecular formula is C34H37NO7. The Hall–Kier alpha value is -4.01. The van der Waals surface area contributed by atoms with Gasteiger partial charge in [-0.25, -0.2) is 9.59 Å². The van der Waals surface area contributed by atoms with Crippen molar-refractivity contribution in [2.45, 2.75) is 70.7 Å². The van der Waals surface area contributed by atoms with E-state index in [-0.39, 0.29) is 25.0 Å². The van der Waals surface area contributed by atoms with Gasteiger partial charge in [-0.05, 0) is 56.5 Å². The highest BCUT2D eigenvalue weighted by molar-refractivity contribution is 5.90. The van der Waals surface area contributed by atoms with Gasteiger partial charge in [-0.3, -0.25) is 4.79 Å². The van der Waals surface area contributed by atoms with E-state index < -0.39 is 30.4 Å². The zero-order valence-electron chi connectivity index (χ0n) is 24.1. The van der Waals surface area contributed by atoms with E-state index in [9.17, 15) is 14.4 Å². The Morgan fingerprint density at radius 1 is 0.857 bits per heavy atom. The Labute approximate surface area is 246 Å². The van der Waals surface area contributed by atoms with Crippen molar-refractivity contribution in [1.82, 2.24) is 4.90 Å². The summed E-state index contributed by atoms with van der Waals surface area (Å²) in [6.45, 7) is 4.72. The summed E-state index contributed by atoms with van der Waals surface area (Å²) in [7, 11) is 0. The van der Waals surface area contributed by atoms with Crippen molar-refractivity contribution in [2.24, 2.45) is 0 Å². The van der Waals surface area contributed by atoms with E-state index in [0.29, 0.717) is 43.5 Å². The fourth-order valence-electron chi connectivity index (χ4n) is 5.23. The molecule has 2 aliphatic heterocycles. The molecule has 0 bridgehead atoms. The molecule has 0 aromatic heterocycles. The number of carbonyl (C=O) groups excluding carboxylic acids is 3. The number of aryl methyl sites for hydroxylation is 2. The first-order valence-corrected chi connectivity index (χ1v) is 14.5. The van der Waals surface area contributed by atoms with Crippen molar-refractivity contribution in [3.8, 4) is 0 Å². The van der Waals surface area contributed by atoms with Crippen molar-refractivity contribution < 1.29 is 33.3 Å². The maximum atomic E-state index is 13.2. The highest BCUT2D eigenvalue weighted by atomic mass is 16.6. The minimum absolute atomic E-state index is 0.0354. The van der Waals surface area contributed by atoms with E-state index in [1.807, 2.05) is 68.4 Å². The number of amides is 1. The number of hydrogen-bond donors (Lipinski definition) is 0. The number of ether oxygens (including phenoxy) is 4. The van der Waals surface area contributed by atoms with Crippen LogP contribution in [0.3, 0.4) is 0 Å². The van der Waals surface area contributed by atoms with Crippen molar-refractivity contribution in [3.63, 3.8) is 0 Å². The van der Waals surface area contributed by atoms with E-state index >= 15 is 0 Å². The molecule has 4 atom stereocenters. The normalized spacial score (nSPS) is 22.4. The SMILES string of the molecule is Cc1ccc(C(=O)OC[C@H]2O[C@H](N3CC[C@H](OCc4ccccc4)CCC3=O)C[C@@H]2OC(=O)c2ccc(C)cc2)cc1. The molecule has 5 rings (SSSR count). The topological polar surface area (TPSA) is 91.4 Å². The molecule has 220 valence electrons. The highest BCUT2D eigenvalue weighted by Crippen LogP contribution is 2.30. The van der Waals surface area contributed by atoms with E-state index in [4.69, 9.17) is 18.9 Å². The van der Waals surface area contributed by atoms with Crippen LogP contribution in [0.1, 0.15) is 63.1 Å². The number of benzene rings is 3. The van der Waals surface area contributed by atoms with Gasteiger partial charge < -0.3 is 23.8 Å². The average molecular weight is 572 g/mol. The predicted octanol–water partition coefficient (Wildman–Crippen LogP) is 5.40. The standard InChI is InChI=1S/C34H37NO7/c1-23-8-12-26(13-9-23)33(37)40-22-30-29(42-34(38)27-14-10-24(2)11-15-27)20-32(41-30)35-19-18-28(16-17-31(35)36)39-21-25-6-4-3-5-7-25/h3-15,28-30,32H,16-22H2,1-2H3/t28-,29+,30-,32+/m1/s1. The number of nitrogens with zero attached hydrogens (tertiary/aromatic N) is 1. The maximum absolute atomic E-state index is 13.2. The predicted molar refractivity (Wildman–Crippen MR) is 156 cm³/mol. The van der Waals surface area contributed by atoms with Crippen molar-refractivity contribution in [3.05, 3.63) is 107 Å².